The Hall–Kier alpha value is -3.42. The fourth-order valence-corrected chi connectivity index (χ4v) is 3.26. The Kier molecular flexibility index (Phi) is 6.03. The van der Waals surface area contributed by atoms with E-state index in [1.54, 1.807) is 30.3 Å². The second kappa shape index (κ2) is 8.08. The van der Waals surface area contributed by atoms with Crippen LogP contribution in [0.25, 0.3) is 5.57 Å². The summed E-state index contributed by atoms with van der Waals surface area (Å²) >= 11 is 0. The van der Waals surface area contributed by atoms with Crippen molar-refractivity contribution in [2.75, 3.05) is 28.4 Å². The van der Waals surface area contributed by atoms with Crippen LogP contribution in [0.15, 0.2) is 48.6 Å². The van der Waals surface area contributed by atoms with Gasteiger partial charge in [-0.05, 0) is 17.2 Å². The lowest BCUT2D eigenvalue weighted by atomic mass is 9.59. The van der Waals surface area contributed by atoms with Crippen molar-refractivity contribution >= 4 is 29.5 Å². The highest BCUT2D eigenvalue weighted by Gasteiger charge is 2.72. The lowest BCUT2D eigenvalue weighted by Gasteiger charge is -2.40. The lowest BCUT2D eigenvalue weighted by molar-refractivity contribution is -0.190. The molecule has 0 saturated heterocycles. The summed E-state index contributed by atoms with van der Waals surface area (Å²) in [5.74, 6) is -4.69. The maximum atomic E-state index is 12.9. The van der Waals surface area contributed by atoms with Gasteiger partial charge in [0.2, 0.25) is 10.8 Å². The molecule has 1 aromatic carbocycles. The first-order chi connectivity index (χ1) is 13.3. The third-order valence-corrected chi connectivity index (χ3v) is 4.64. The van der Waals surface area contributed by atoms with Crippen LogP contribution in [0.2, 0.25) is 0 Å². The molecule has 1 aromatic rings. The van der Waals surface area contributed by atoms with Gasteiger partial charge in [-0.15, -0.1) is 0 Å². The smallest absolute Gasteiger partial charge is 0.329 e. The van der Waals surface area contributed by atoms with Crippen LogP contribution in [0, 0.1) is 10.8 Å². The van der Waals surface area contributed by atoms with Gasteiger partial charge < -0.3 is 18.9 Å². The number of hydrogen-bond donors (Lipinski definition) is 0. The molecule has 1 aliphatic carbocycles. The van der Waals surface area contributed by atoms with E-state index >= 15 is 0 Å². The number of esters is 4. The van der Waals surface area contributed by atoms with Crippen molar-refractivity contribution < 1.29 is 38.1 Å². The Morgan fingerprint density at radius 3 is 1.54 bits per heavy atom. The zero-order valence-electron chi connectivity index (χ0n) is 15.9. The zero-order valence-corrected chi connectivity index (χ0v) is 15.9. The average Bonchev–Trinajstić information content (AvgIpc) is 2.76. The molecule has 0 N–H and O–H groups in total. The normalized spacial score (nSPS) is 16.4. The van der Waals surface area contributed by atoms with Crippen LogP contribution >= 0.6 is 0 Å². The van der Waals surface area contributed by atoms with E-state index in [9.17, 15) is 19.2 Å². The Morgan fingerprint density at radius 2 is 1.11 bits per heavy atom. The van der Waals surface area contributed by atoms with Crippen molar-refractivity contribution in [3.63, 3.8) is 0 Å². The molecule has 2 rings (SSSR count). The lowest BCUT2D eigenvalue weighted by Crippen LogP contribution is -2.61. The monoisotopic (exact) mass is 388 g/mol. The molecule has 0 radical (unpaired) electrons. The average molecular weight is 388 g/mol. The predicted octanol–water partition coefficient (Wildman–Crippen LogP) is 1.30. The van der Waals surface area contributed by atoms with Gasteiger partial charge in [-0.1, -0.05) is 42.5 Å². The Labute approximate surface area is 161 Å². The molecule has 0 bridgehead atoms. The van der Waals surface area contributed by atoms with Crippen LogP contribution < -0.4 is 0 Å². The van der Waals surface area contributed by atoms with Gasteiger partial charge in [-0.3, -0.25) is 19.2 Å². The van der Waals surface area contributed by atoms with Crippen LogP contribution in [-0.2, 0) is 38.1 Å². The van der Waals surface area contributed by atoms with Crippen LogP contribution in [0.5, 0.6) is 0 Å². The van der Waals surface area contributed by atoms with E-state index in [2.05, 4.69) is 0 Å². The molecule has 0 spiro atoms. The second-order valence-corrected chi connectivity index (χ2v) is 5.88. The van der Waals surface area contributed by atoms with E-state index in [0.29, 0.717) is 11.1 Å². The van der Waals surface area contributed by atoms with Crippen molar-refractivity contribution in [3.8, 4) is 0 Å². The molecule has 0 amide bonds. The molecule has 1 aliphatic rings. The molecule has 28 heavy (non-hydrogen) atoms. The van der Waals surface area contributed by atoms with Crippen molar-refractivity contribution in [2.45, 2.75) is 0 Å². The highest BCUT2D eigenvalue weighted by Crippen LogP contribution is 2.51. The molecule has 0 aromatic heterocycles. The first kappa shape index (κ1) is 20.9. The Balaban J connectivity index is 2.93. The van der Waals surface area contributed by atoms with E-state index in [0.717, 1.165) is 34.5 Å². The van der Waals surface area contributed by atoms with Crippen molar-refractivity contribution in [2.24, 2.45) is 10.8 Å². The molecule has 8 nitrogen and oxygen atoms in total. The van der Waals surface area contributed by atoms with Crippen molar-refractivity contribution in [1.82, 2.24) is 0 Å². The van der Waals surface area contributed by atoms with Gasteiger partial charge in [0.1, 0.15) is 0 Å². The Morgan fingerprint density at radius 1 is 0.679 bits per heavy atom. The molecule has 0 atom stereocenters. The van der Waals surface area contributed by atoms with Crippen molar-refractivity contribution in [1.29, 1.82) is 0 Å². The van der Waals surface area contributed by atoms with E-state index in [-0.39, 0.29) is 0 Å². The summed E-state index contributed by atoms with van der Waals surface area (Å²) in [6, 6.07) is 8.77. The number of allylic oxidation sites excluding steroid dienone is 2. The maximum absolute atomic E-state index is 12.9. The maximum Gasteiger partial charge on any atom is 0.329 e. The first-order valence-corrected chi connectivity index (χ1v) is 8.16. The van der Waals surface area contributed by atoms with E-state index in [1.165, 1.54) is 12.2 Å². The van der Waals surface area contributed by atoms with Gasteiger partial charge in [0.15, 0.2) is 0 Å². The van der Waals surface area contributed by atoms with Crippen molar-refractivity contribution in [3.05, 3.63) is 54.1 Å². The summed E-state index contributed by atoms with van der Waals surface area (Å²) in [5, 5.41) is 0. The number of benzene rings is 1. The van der Waals surface area contributed by atoms with Gasteiger partial charge in [0, 0.05) is 0 Å². The molecule has 0 saturated carbocycles. The number of hydrogen-bond acceptors (Lipinski definition) is 8. The third kappa shape index (κ3) is 2.87. The number of rotatable bonds is 5. The SMILES string of the molecule is COC(=O)C1(C(=O)OC)C=CC(c2ccccc2)=CC1(C(=O)OC)C(=O)OC. The fraction of sp³-hybridized carbons (Fsp3) is 0.300. The first-order valence-electron chi connectivity index (χ1n) is 8.16. The minimum absolute atomic E-state index is 0.403. The summed E-state index contributed by atoms with van der Waals surface area (Å²) in [6.07, 6.45) is 3.72. The highest BCUT2D eigenvalue weighted by atomic mass is 16.6. The minimum Gasteiger partial charge on any atom is -0.468 e. The van der Waals surface area contributed by atoms with Crippen LogP contribution in [0.3, 0.4) is 0 Å². The molecule has 0 unspecified atom stereocenters. The topological polar surface area (TPSA) is 105 Å². The summed E-state index contributed by atoms with van der Waals surface area (Å²) < 4.78 is 19.2. The summed E-state index contributed by atoms with van der Waals surface area (Å²) in [6.45, 7) is 0. The van der Waals surface area contributed by atoms with Crippen LogP contribution in [-0.4, -0.2) is 52.3 Å². The highest BCUT2D eigenvalue weighted by molar-refractivity contribution is 6.19. The van der Waals surface area contributed by atoms with Gasteiger partial charge in [0.05, 0.1) is 28.4 Å². The zero-order chi connectivity index (χ0) is 20.9. The number of carbonyl (C=O) groups excluding carboxylic acids is 4. The summed E-state index contributed by atoms with van der Waals surface area (Å²) in [5.41, 5.74) is -3.91. The molecule has 0 heterocycles. The van der Waals surface area contributed by atoms with Crippen LogP contribution in [0.1, 0.15) is 5.56 Å². The fourth-order valence-electron chi connectivity index (χ4n) is 3.26. The second-order valence-electron chi connectivity index (χ2n) is 5.88. The standard InChI is InChI=1S/C20H20O8/c1-25-15(21)19(16(22)26-2)11-10-14(13-8-6-5-7-9-13)12-20(19,17(23)27-3)18(24)28-4/h5-12H,1-4H3. The largest absolute Gasteiger partial charge is 0.468 e. The van der Waals surface area contributed by atoms with E-state index < -0.39 is 34.7 Å². The molecule has 0 fully saturated rings. The molecule has 0 aliphatic heterocycles. The van der Waals surface area contributed by atoms with Gasteiger partial charge >= 0.3 is 23.9 Å². The summed E-state index contributed by atoms with van der Waals surface area (Å²) in [7, 11) is 4.11. The molecule has 148 valence electrons. The number of methoxy groups -OCH3 is 4. The van der Waals surface area contributed by atoms with Gasteiger partial charge in [-0.25, -0.2) is 0 Å². The van der Waals surface area contributed by atoms with Crippen LogP contribution in [0.4, 0.5) is 0 Å². The van der Waals surface area contributed by atoms with Gasteiger partial charge in [-0.2, -0.15) is 0 Å². The quantitative estimate of drug-likeness (QED) is 0.422. The minimum atomic E-state index is -2.49. The third-order valence-electron chi connectivity index (χ3n) is 4.64. The van der Waals surface area contributed by atoms with E-state index in [1.807, 2.05) is 0 Å². The summed E-state index contributed by atoms with van der Waals surface area (Å²) in [4.78, 5) is 51.3. The van der Waals surface area contributed by atoms with E-state index in [4.69, 9.17) is 18.9 Å². The Bertz CT molecular complexity index is 818. The predicted molar refractivity (Wildman–Crippen MR) is 96.5 cm³/mol. The number of carbonyl (C=O) groups is 4. The molecule has 8 heteroatoms. The number of ether oxygens (including phenoxy) is 4. The van der Waals surface area contributed by atoms with Gasteiger partial charge in [0.25, 0.3) is 0 Å². The molecular formula is C20H20O8. The molecular weight excluding hydrogens is 368 g/mol.